The van der Waals surface area contributed by atoms with E-state index in [9.17, 15) is 4.79 Å². The fraction of sp³-hybridized carbons (Fsp3) is 0.111. The van der Waals surface area contributed by atoms with Crippen LogP contribution in [0.25, 0.3) is 6.08 Å². The number of esters is 1. The van der Waals surface area contributed by atoms with E-state index in [0.29, 0.717) is 11.5 Å². The van der Waals surface area contributed by atoms with Crippen LogP contribution in [0.3, 0.4) is 0 Å². The Morgan fingerprint density at radius 1 is 1.04 bits per heavy atom. The summed E-state index contributed by atoms with van der Waals surface area (Å²) >= 11 is 3.37. The third-order valence-electron chi connectivity index (χ3n) is 3.39. The number of ether oxygens (including phenoxy) is 3. The van der Waals surface area contributed by atoms with Gasteiger partial charge in [0.25, 0.3) is 0 Å². The molecule has 6 heteroatoms. The highest BCUT2D eigenvalue weighted by atomic mass is 79.9. The topological polar surface area (TPSA) is 57.1 Å². The highest BCUT2D eigenvalue weighted by molar-refractivity contribution is 9.10. The van der Waals surface area contributed by atoms with Crippen molar-refractivity contribution in [3.8, 4) is 11.5 Å². The largest absolute Gasteiger partial charge is 0.497 e. The van der Waals surface area contributed by atoms with Crippen LogP contribution in [0.5, 0.6) is 11.5 Å². The molecule has 0 bridgehead atoms. The molecule has 0 saturated carbocycles. The van der Waals surface area contributed by atoms with Crippen LogP contribution in [0.4, 0.5) is 0 Å². The van der Waals surface area contributed by atoms with Crippen LogP contribution in [0.2, 0.25) is 0 Å². The van der Waals surface area contributed by atoms with Gasteiger partial charge in [-0.2, -0.15) is 0 Å². The Balaban J connectivity index is 1.95. The highest BCUT2D eigenvalue weighted by Crippen LogP contribution is 2.26. The molecular weight excluding hydrogens is 374 g/mol. The molecule has 0 spiro atoms. The zero-order chi connectivity index (χ0) is 17.1. The zero-order valence-corrected chi connectivity index (χ0v) is 14.7. The molecule has 2 aromatic rings. The molecule has 0 aromatic heterocycles. The van der Waals surface area contributed by atoms with Crippen molar-refractivity contribution in [3.63, 3.8) is 0 Å². The standard InChI is InChI=1S/C18H14BrNO4/c1-22-14-7-11(8-15(10-14)23-2)9-16-18(21)24-17(20-16)12-3-5-13(19)6-4-12/h3-10H,1-2H3/b16-9-. The molecule has 1 aliphatic rings. The minimum atomic E-state index is -0.491. The first kappa shape index (κ1) is 16.3. The van der Waals surface area contributed by atoms with Gasteiger partial charge in [-0.1, -0.05) is 15.9 Å². The average Bonchev–Trinajstić information content (AvgIpc) is 2.95. The van der Waals surface area contributed by atoms with E-state index < -0.39 is 5.97 Å². The predicted octanol–water partition coefficient (Wildman–Crippen LogP) is 3.81. The van der Waals surface area contributed by atoms with Crippen molar-refractivity contribution in [2.24, 2.45) is 4.99 Å². The van der Waals surface area contributed by atoms with E-state index in [0.717, 1.165) is 15.6 Å². The number of carbonyl (C=O) groups excluding carboxylic acids is 1. The SMILES string of the molecule is COc1cc(/C=C2\N=C(c3ccc(Br)cc3)OC2=O)cc(OC)c1. The van der Waals surface area contributed by atoms with Crippen molar-refractivity contribution in [1.82, 2.24) is 0 Å². The molecule has 0 saturated heterocycles. The maximum Gasteiger partial charge on any atom is 0.363 e. The molecule has 1 heterocycles. The molecule has 24 heavy (non-hydrogen) atoms. The number of hydrogen-bond donors (Lipinski definition) is 0. The maximum absolute atomic E-state index is 12.1. The van der Waals surface area contributed by atoms with E-state index in [2.05, 4.69) is 20.9 Å². The van der Waals surface area contributed by atoms with Crippen molar-refractivity contribution in [1.29, 1.82) is 0 Å². The molecule has 0 unspecified atom stereocenters. The lowest BCUT2D eigenvalue weighted by Gasteiger charge is -2.05. The summed E-state index contributed by atoms with van der Waals surface area (Å²) in [5.41, 5.74) is 1.69. The minimum absolute atomic E-state index is 0.225. The summed E-state index contributed by atoms with van der Waals surface area (Å²) in [4.78, 5) is 16.3. The van der Waals surface area contributed by atoms with Gasteiger partial charge in [0.05, 0.1) is 14.2 Å². The van der Waals surface area contributed by atoms with Crippen LogP contribution in [0.1, 0.15) is 11.1 Å². The van der Waals surface area contributed by atoms with Gasteiger partial charge in [-0.15, -0.1) is 0 Å². The molecule has 0 fully saturated rings. The Hall–Kier alpha value is -2.60. The number of cyclic esters (lactones) is 1. The summed E-state index contributed by atoms with van der Waals surface area (Å²) in [6.45, 7) is 0. The van der Waals surface area contributed by atoms with E-state index in [1.165, 1.54) is 0 Å². The summed E-state index contributed by atoms with van der Waals surface area (Å²) in [6.07, 6.45) is 1.64. The Kier molecular flexibility index (Phi) is 4.66. The van der Waals surface area contributed by atoms with Gasteiger partial charge in [0, 0.05) is 16.1 Å². The van der Waals surface area contributed by atoms with E-state index in [1.54, 1.807) is 38.5 Å². The predicted molar refractivity (Wildman–Crippen MR) is 94.3 cm³/mol. The number of nitrogens with zero attached hydrogens (tertiary/aromatic N) is 1. The van der Waals surface area contributed by atoms with Crippen LogP contribution < -0.4 is 9.47 Å². The lowest BCUT2D eigenvalue weighted by atomic mass is 10.1. The molecule has 2 aromatic carbocycles. The Bertz CT molecular complexity index is 818. The molecule has 0 atom stereocenters. The quantitative estimate of drug-likeness (QED) is 0.591. The lowest BCUT2D eigenvalue weighted by Crippen LogP contribution is -2.05. The van der Waals surface area contributed by atoms with Crippen LogP contribution in [0, 0.1) is 0 Å². The maximum atomic E-state index is 12.1. The molecule has 1 aliphatic heterocycles. The third-order valence-corrected chi connectivity index (χ3v) is 3.92. The summed E-state index contributed by atoms with van der Waals surface area (Å²) < 4.78 is 16.6. The van der Waals surface area contributed by atoms with Gasteiger partial charge >= 0.3 is 5.97 Å². The monoisotopic (exact) mass is 387 g/mol. The number of rotatable bonds is 4. The summed E-state index contributed by atoms with van der Waals surface area (Å²) in [6, 6.07) is 12.7. The second kappa shape index (κ2) is 6.88. The Morgan fingerprint density at radius 2 is 1.67 bits per heavy atom. The van der Waals surface area contributed by atoms with Crippen LogP contribution in [0.15, 0.2) is 57.6 Å². The number of methoxy groups -OCH3 is 2. The first-order valence-corrected chi connectivity index (χ1v) is 7.90. The van der Waals surface area contributed by atoms with Crippen molar-refractivity contribution in [2.75, 3.05) is 14.2 Å². The minimum Gasteiger partial charge on any atom is -0.497 e. The molecule has 122 valence electrons. The fourth-order valence-electron chi connectivity index (χ4n) is 2.20. The number of carbonyl (C=O) groups is 1. The van der Waals surface area contributed by atoms with Crippen molar-refractivity contribution < 1.29 is 19.0 Å². The molecule has 0 aliphatic carbocycles. The van der Waals surface area contributed by atoms with Gasteiger partial charge in [0.15, 0.2) is 5.70 Å². The molecule has 5 nitrogen and oxygen atoms in total. The first-order chi connectivity index (χ1) is 11.6. The second-order valence-electron chi connectivity index (χ2n) is 4.99. The molecule has 0 radical (unpaired) electrons. The van der Waals surface area contributed by atoms with Crippen molar-refractivity contribution >= 4 is 33.9 Å². The van der Waals surface area contributed by atoms with Crippen molar-refractivity contribution in [2.45, 2.75) is 0 Å². The highest BCUT2D eigenvalue weighted by Gasteiger charge is 2.24. The Labute approximate surface area is 147 Å². The molecular formula is C18H14BrNO4. The van der Waals surface area contributed by atoms with E-state index in [4.69, 9.17) is 14.2 Å². The first-order valence-electron chi connectivity index (χ1n) is 7.10. The van der Waals surface area contributed by atoms with Gasteiger partial charge in [0.2, 0.25) is 5.90 Å². The second-order valence-corrected chi connectivity index (χ2v) is 5.90. The van der Waals surface area contributed by atoms with Gasteiger partial charge < -0.3 is 14.2 Å². The molecule has 0 amide bonds. The number of aliphatic imine (C=N–C) groups is 1. The zero-order valence-electron chi connectivity index (χ0n) is 13.1. The summed E-state index contributed by atoms with van der Waals surface area (Å²) in [5, 5.41) is 0. The third kappa shape index (κ3) is 3.49. The van der Waals surface area contributed by atoms with E-state index in [-0.39, 0.29) is 11.6 Å². The fourth-order valence-corrected chi connectivity index (χ4v) is 2.46. The molecule has 3 rings (SSSR count). The Morgan fingerprint density at radius 3 is 2.25 bits per heavy atom. The van der Waals surface area contributed by atoms with E-state index >= 15 is 0 Å². The number of benzene rings is 2. The number of hydrogen-bond acceptors (Lipinski definition) is 5. The van der Waals surface area contributed by atoms with Crippen LogP contribution in [-0.4, -0.2) is 26.1 Å². The average molecular weight is 388 g/mol. The van der Waals surface area contributed by atoms with Gasteiger partial charge in [-0.25, -0.2) is 9.79 Å². The van der Waals surface area contributed by atoms with E-state index in [1.807, 2.05) is 24.3 Å². The van der Waals surface area contributed by atoms with Crippen LogP contribution >= 0.6 is 15.9 Å². The van der Waals surface area contributed by atoms with Gasteiger partial charge in [-0.05, 0) is 48.0 Å². The summed E-state index contributed by atoms with van der Waals surface area (Å²) in [5.74, 6) is 1.05. The van der Waals surface area contributed by atoms with Gasteiger partial charge in [0.1, 0.15) is 11.5 Å². The van der Waals surface area contributed by atoms with Gasteiger partial charge in [-0.3, -0.25) is 0 Å². The van der Waals surface area contributed by atoms with Crippen molar-refractivity contribution in [3.05, 3.63) is 63.8 Å². The van der Waals surface area contributed by atoms with Crippen LogP contribution in [-0.2, 0) is 9.53 Å². The molecule has 0 N–H and O–H groups in total. The lowest BCUT2D eigenvalue weighted by molar-refractivity contribution is -0.129. The summed E-state index contributed by atoms with van der Waals surface area (Å²) in [7, 11) is 3.14. The normalized spacial score (nSPS) is 15.2. The smallest absolute Gasteiger partial charge is 0.363 e. The number of halogens is 1.